The van der Waals surface area contributed by atoms with Crippen molar-refractivity contribution in [1.29, 1.82) is 0 Å². The number of piperidine rings is 1. The average Bonchev–Trinajstić information content (AvgIpc) is 2.81. The predicted octanol–water partition coefficient (Wildman–Crippen LogP) is 0.489. The van der Waals surface area contributed by atoms with E-state index in [1.807, 2.05) is 0 Å². The summed E-state index contributed by atoms with van der Waals surface area (Å²) in [5.74, 6) is -1.23. The topological polar surface area (TPSA) is 66.8 Å². The molecule has 16 heavy (non-hydrogen) atoms. The largest absolute Gasteiger partial charge is 0.481 e. The second-order valence-corrected chi connectivity index (χ2v) is 4.46. The van der Waals surface area contributed by atoms with E-state index in [0.29, 0.717) is 26.1 Å². The number of rotatable bonds is 2. The van der Waals surface area contributed by atoms with Crippen molar-refractivity contribution in [2.45, 2.75) is 31.8 Å². The minimum absolute atomic E-state index is 0.0246. The zero-order chi connectivity index (χ0) is 11.5. The normalized spacial score (nSPS) is 30.4. The monoisotopic (exact) mass is 227 g/mol. The Morgan fingerprint density at radius 2 is 2.06 bits per heavy atom. The Labute approximate surface area is 94.4 Å². The van der Waals surface area contributed by atoms with Crippen LogP contribution in [-0.2, 0) is 14.3 Å². The van der Waals surface area contributed by atoms with Crippen LogP contribution in [0.4, 0.5) is 0 Å². The summed E-state index contributed by atoms with van der Waals surface area (Å²) in [7, 11) is 0. The van der Waals surface area contributed by atoms with Gasteiger partial charge in [0.15, 0.2) is 0 Å². The Morgan fingerprint density at radius 1 is 1.25 bits per heavy atom. The van der Waals surface area contributed by atoms with Gasteiger partial charge in [-0.1, -0.05) is 0 Å². The third-order valence-corrected chi connectivity index (χ3v) is 3.29. The lowest BCUT2D eigenvalue weighted by Gasteiger charge is -2.32. The number of carbonyl (C=O) groups is 2. The van der Waals surface area contributed by atoms with Gasteiger partial charge in [-0.05, 0) is 25.7 Å². The number of aliphatic carboxylic acids is 1. The molecule has 5 heteroatoms. The minimum atomic E-state index is -0.801. The van der Waals surface area contributed by atoms with Crippen LogP contribution in [-0.4, -0.2) is 47.7 Å². The van der Waals surface area contributed by atoms with Crippen molar-refractivity contribution in [3.05, 3.63) is 0 Å². The van der Waals surface area contributed by atoms with Gasteiger partial charge in [-0.15, -0.1) is 0 Å². The van der Waals surface area contributed by atoms with E-state index in [-0.39, 0.29) is 12.0 Å². The zero-order valence-corrected chi connectivity index (χ0v) is 9.22. The predicted molar refractivity (Wildman–Crippen MR) is 55.9 cm³/mol. The number of likely N-dealkylation sites (tertiary alicyclic amines) is 1. The Hall–Kier alpha value is -1.10. The molecule has 0 aliphatic carbocycles. The molecule has 2 atom stereocenters. The first-order valence-corrected chi connectivity index (χ1v) is 5.81. The van der Waals surface area contributed by atoms with Crippen LogP contribution in [0, 0.1) is 5.92 Å². The van der Waals surface area contributed by atoms with Crippen LogP contribution >= 0.6 is 0 Å². The molecule has 5 nitrogen and oxygen atoms in total. The number of amides is 1. The summed E-state index contributed by atoms with van der Waals surface area (Å²) in [6.07, 6.45) is 2.81. The maximum atomic E-state index is 12.0. The van der Waals surface area contributed by atoms with E-state index in [2.05, 4.69) is 0 Å². The Kier molecular flexibility index (Phi) is 3.43. The van der Waals surface area contributed by atoms with Crippen LogP contribution in [0.25, 0.3) is 0 Å². The van der Waals surface area contributed by atoms with Crippen molar-refractivity contribution in [3.8, 4) is 0 Å². The lowest BCUT2D eigenvalue weighted by atomic mass is 9.98. The molecular weight excluding hydrogens is 210 g/mol. The van der Waals surface area contributed by atoms with E-state index in [9.17, 15) is 9.59 Å². The fourth-order valence-electron chi connectivity index (χ4n) is 2.35. The van der Waals surface area contributed by atoms with Gasteiger partial charge in [-0.2, -0.15) is 0 Å². The molecular formula is C11H17NO4. The summed E-state index contributed by atoms with van der Waals surface area (Å²) in [6, 6.07) is 0. The molecule has 2 aliphatic rings. The van der Waals surface area contributed by atoms with Crippen LogP contribution in [0.15, 0.2) is 0 Å². The molecule has 2 saturated heterocycles. The van der Waals surface area contributed by atoms with E-state index in [1.165, 1.54) is 0 Å². The lowest BCUT2D eigenvalue weighted by Crippen LogP contribution is -2.46. The molecule has 2 rings (SSSR count). The van der Waals surface area contributed by atoms with Gasteiger partial charge >= 0.3 is 5.97 Å². The van der Waals surface area contributed by atoms with Gasteiger partial charge in [0.25, 0.3) is 5.91 Å². The molecule has 0 saturated carbocycles. The first kappa shape index (κ1) is 11.4. The molecule has 0 radical (unpaired) electrons. The molecule has 0 aromatic rings. The number of ether oxygens (including phenoxy) is 1. The number of carboxylic acid groups (broad SMARTS) is 1. The molecule has 2 fully saturated rings. The zero-order valence-electron chi connectivity index (χ0n) is 9.22. The average molecular weight is 227 g/mol. The maximum Gasteiger partial charge on any atom is 0.308 e. The summed E-state index contributed by atoms with van der Waals surface area (Å²) in [5, 5.41) is 8.93. The first-order chi connectivity index (χ1) is 7.68. The second-order valence-electron chi connectivity index (χ2n) is 4.46. The Balaban J connectivity index is 1.93. The summed E-state index contributed by atoms with van der Waals surface area (Å²) < 4.78 is 5.33. The van der Waals surface area contributed by atoms with E-state index in [1.54, 1.807) is 4.90 Å². The minimum Gasteiger partial charge on any atom is -0.481 e. The van der Waals surface area contributed by atoms with Crippen molar-refractivity contribution in [2.75, 3.05) is 19.7 Å². The highest BCUT2D eigenvalue weighted by atomic mass is 16.5. The maximum absolute atomic E-state index is 12.0. The fourth-order valence-corrected chi connectivity index (χ4v) is 2.35. The lowest BCUT2D eigenvalue weighted by molar-refractivity contribution is -0.149. The third-order valence-electron chi connectivity index (χ3n) is 3.29. The van der Waals surface area contributed by atoms with Gasteiger partial charge in [0.05, 0.1) is 5.92 Å². The first-order valence-electron chi connectivity index (χ1n) is 5.81. The number of nitrogens with zero attached hydrogens (tertiary/aromatic N) is 1. The fraction of sp³-hybridized carbons (Fsp3) is 0.818. The quantitative estimate of drug-likeness (QED) is 0.745. The van der Waals surface area contributed by atoms with Gasteiger partial charge in [0, 0.05) is 19.7 Å². The summed E-state index contributed by atoms with van der Waals surface area (Å²) in [6.45, 7) is 1.66. The highest BCUT2D eigenvalue weighted by Crippen LogP contribution is 2.21. The van der Waals surface area contributed by atoms with Crippen molar-refractivity contribution in [3.63, 3.8) is 0 Å². The molecule has 1 amide bonds. The molecule has 1 N–H and O–H groups in total. The van der Waals surface area contributed by atoms with Crippen molar-refractivity contribution in [1.82, 2.24) is 4.90 Å². The Morgan fingerprint density at radius 3 is 2.69 bits per heavy atom. The number of carboxylic acids is 1. The SMILES string of the molecule is O=C(O)[C@@H]1CCCN(C(=O)C2CCCO2)C1. The van der Waals surface area contributed by atoms with Crippen LogP contribution in [0.1, 0.15) is 25.7 Å². The summed E-state index contributed by atoms with van der Waals surface area (Å²) in [5.41, 5.74) is 0. The van der Waals surface area contributed by atoms with Crippen LogP contribution in [0.2, 0.25) is 0 Å². The van der Waals surface area contributed by atoms with Crippen molar-refractivity contribution < 1.29 is 19.4 Å². The van der Waals surface area contributed by atoms with Gasteiger partial charge in [-0.25, -0.2) is 0 Å². The van der Waals surface area contributed by atoms with Crippen LogP contribution < -0.4 is 0 Å². The Bertz CT molecular complexity index is 286. The number of carbonyl (C=O) groups excluding carboxylic acids is 1. The van der Waals surface area contributed by atoms with Gasteiger partial charge in [0.2, 0.25) is 0 Å². The standard InChI is InChI=1S/C11H17NO4/c13-10(9-4-2-6-16-9)12-5-1-3-8(7-12)11(14)15/h8-9H,1-7H2,(H,14,15)/t8-,9?/m1/s1. The number of hydrogen-bond donors (Lipinski definition) is 1. The van der Waals surface area contributed by atoms with E-state index >= 15 is 0 Å². The van der Waals surface area contributed by atoms with Gasteiger partial charge in [0.1, 0.15) is 6.10 Å². The van der Waals surface area contributed by atoms with Crippen LogP contribution in [0.5, 0.6) is 0 Å². The number of hydrogen-bond acceptors (Lipinski definition) is 3. The summed E-state index contributed by atoms with van der Waals surface area (Å²) >= 11 is 0. The highest BCUT2D eigenvalue weighted by Gasteiger charge is 2.33. The summed E-state index contributed by atoms with van der Waals surface area (Å²) in [4.78, 5) is 24.5. The molecule has 1 unspecified atom stereocenters. The molecule has 2 aliphatic heterocycles. The molecule has 90 valence electrons. The third kappa shape index (κ3) is 2.35. The smallest absolute Gasteiger partial charge is 0.308 e. The van der Waals surface area contributed by atoms with Crippen LogP contribution in [0.3, 0.4) is 0 Å². The molecule has 0 aromatic heterocycles. The van der Waals surface area contributed by atoms with Crippen molar-refractivity contribution >= 4 is 11.9 Å². The highest BCUT2D eigenvalue weighted by molar-refractivity contribution is 5.82. The molecule has 0 aromatic carbocycles. The van der Waals surface area contributed by atoms with E-state index in [4.69, 9.17) is 9.84 Å². The van der Waals surface area contributed by atoms with Gasteiger partial charge < -0.3 is 14.7 Å². The molecule has 0 spiro atoms. The van der Waals surface area contributed by atoms with E-state index < -0.39 is 11.9 Å². The van der Waals surface area contributed by atoms with Gasteiger partial charge in [-0.3, -0.25) is 9.59 Å². The second kappa shape index (κ2) is 4.82. The van der Waals surface area contributed by atoms with E-state index in [0.717, 1.165) is 19.3 Å². The molecule has 2 heterocycles. The van der Waals surface area contributed by atoms with Crippen molar-refractivity contribution in [2.24, 2.45) is 5.92 Å². The molecule has 0 bridgehead atoms.